The molecule has 2 atom stereocenters. The average Bonchev–Trinajstić information content (AvgIpc) is 3.64. The van der Waals surface area contributed by atoms with E-state index in [0.29, 0.717) is 53.6 Å². The Balaban J connectivity index is 1.57. The number of nitrogens with zero attached hydrogens (tertiary/aromatic N) is 4. The molecule has 0 saturated carbocycles. The summed E-state index contributed by atoms with van der Waals surface area (Å²) in [7, 11) is 1.74. The normalized spacial score (nSPS) is 21.6. The summed E-state index contributed by atoms with van der Waals surface area (Å²) in [4.78, 5) is 33.7. The van der Waals surface area contributed by atoms with E-state index in [0.717, 1.165) is 35.8 Å². The molecule has 13 heteroatoms. The SMILES string of the molecule is COc1ccc(S(=O)(=O)N2C(=O)C(c3ccc(CN4CCCCC4)cc3OC)(N3CCC[C@@H]3OC(=O)N(C)C)c3cc(Cl)ccc32)cc1. The Labute approximate surface area is 286 Å². The third-order valence-electron chi connectivity index (χ3n) is 9.40. The molecule has 3 aromatic rings. The van der Waals surface area contributed by atoms with E-state index in [4.69, 9.17) is 25.8 Å². The summed E-state index contributed by atoms with van der Waals surface area (Å²) in [5.41, 5.74) is 0.171. The third kappa shape index (κ3) is 5.89. The first-order valence-electron chi connectivity index (χ1n) is 16.1. The number of hydrogen-bond acceptors (Lipinski definition) is 9. The lowest BCUT2D eigenvalue weighted by atomic mass is 9.81. The number of fused-ring (bicyclic) bond motifs is 1. The zero-order valence-electron chi connectivity index (χ0n) is 27.6. The summed E-state index contributed by atoms with van der Waals surface area (Å²) in [6.07, 6.45) is 3.11. The smallest absolute Gasteiger partial charge is 0.410 e. The lowest BCUT2D eigenvalue weighted by Crippen LogP contribution is -2.57. The molecular formula is C35H41ClN4O7S. The average molecular weight is 697 g/mol. The maximum atomic E-state index is 15.4. The van der Waals surface area contributed by atoms with Gasteiger partial charge in [0.1, 0.15) is 11.5 Å². The van der Waals surface area contributed by atoms with Crippen molar-refractivity contribution in [1.82, 2.24) is 14.7 Å². The lowest BCUT2D eigenvalue weighted by molar-refractivity contribution is -0.132. The van der Waals surface area contributed by atoms with Gasteiger partial charge >= 0.3 is 6.09 Å². The molecule has 6 rings (SSSR count). The summed E-state index contributed by atoms with van der Waals surface area (Å²) in [6, 6.07) is 16.3. The second kappa shape index (κ2) is 13.6. The second-order valence-electron chi connectivity index (χ2n) is 12.6. The van der Waals surface area contributed by atoms with Crippen molar-refractivity contribution >= 4 is 39.3 Å². The van der Waals surface area contributed by atoms with Gasteiger partial charge < -0.3 is 19.1 Å². The Hall–Kier alpha value is -3.84. The Bertz CT molecular complexity index is 1800. The van der Waals surface area contributed by atoms with Gasteiger partial charge in [0.15, 0.2) is 11.8 Å². The molecule has 2 amide bonds. The number of anilines is 1. The van der Waals surface area contributed by atoms with Crippen molar-refractivity contribution in [2.45, 2.75) is 55.3 Å². The van der Waals surface area contributed by atoms with Crippen molar-refractivity contribution in [3.8, 4) is 11.5 Å². The van der Waals surface area contributed by atoms with Crippen molar-refractivity contribution < 1.29 is 32.2 Å². The van der Waals surface area contributed by atoms with E-state index < -0.39 is 33.8 Å². The third-order valence-corrected chi connectivity index (χ3v) is 11.3. The molecule has 3 aromatic carbocycles. The number of ether oxygens (including phenoxy) is 3. The molecule has 3 aliphatic rings. The molecule has 0 aliphatic carbocycles. The first-order chi connectivity index (χ1) is 23.0. The fourth-order valence-corrected chi connectivity index (χ4v) is 8.74. The van der Waals surface area contributed by atoms with Crippen LogP contribution in [0.2, 0.25) is 5.02 Å². The molecule has 0 radical (unpaired) electrons. The number of carbonyl (C=O) groups excluding carboxylic acids is 2. The first kappa shape index (κ1) is 34.0. The zero-order valence-corrected chi connectivity index (χ0v) is 29.2. The number of benzene rings is 3. The van der Waals surface area contributed by atoms with Gasteiger partial charge in [0.2, 0.25) is 0 Å². The molecule has 0 N–H and O–H groups in total. The molecule has 1 unspecified atom stereocenters. The molecular weight excluding hydrogens is 656 g/mol. The number of halogens is 1. The molecule has 0 bridgehead atoms. The van der Waals surface area contributed by atoms with Crippen LogP contribution in [0.25, 0.3) is 0 Å². The van der Waals surface area contributed by atoms with Crippen LogP contribution in [0.1, 0.15) is 48.8 Å². The number of rotatable bonds is 9. The van der Waals surface area contributed by atoms with E-state index >= 15 is 4.79 Å². The Morgan fingerprint density at radius 3 is 2.31 bits per heavy atom. The van der Waals surface area contributed by atoms with Crippen LogP contribution in [0.5, 0.6) is 11.5 Å². The fraction of sp³-hybridized carbons (Fsp3) is 0.429. The van der Waals surface area contributed by atoms with Crippen LogP contribution in [-0.4, -0.2) is 89.3 Å². The summed E-state index contributed by atoms with van der Waals surface area (Å²) in [5, 5.41) is 0.316. The molecule has 0 aromatic heterocycles. The minimum Gasteiger partial charge on any atom is -0.497 e. The highest BCUT2D eigenvalue weighted by Crippen LogP contribution is 2.55. The van der Waals surface area contributed by atoms with Gasteiger partial charge in [0.25, 0.3) is 15.9 Å². The standard InChI is InChI=1S/C35H41ClN4O7S/c1-37(2)34(42)47-32-9-8-20-39(32)35(28-16-10-24(21-31(28)46-4)23-38-18-6-5-7-19-38)29-22-25(36)11-17-30(29)40(33(35)41)48(43,44)27-14-12-26(45-3)13-15-27/h10-17,21-22,32H,5-9,18-20,23H2,1-4H3/t32-,35?/m0/s1. The Morgan fingerprint density at radius 2 is 1.65 bits per heavy atom. The molecule has 0 spiro atoms. The second-order valence-corrected chi connectivity index (χ2v) is 14.8. The van der Waals surface area contributed by atoms with Crippen molar-refractivity contribution in [1.29, 1.82) is 0 Å². The quantitative estimate of drug-likeness (QED) is 0.289. The van der Waals surface area contributed by atoms with Gasteiger partial charge in [-0.15, -0.1) is 0 Å². The number of sulfonamides is 1. The number of amides is 2. The fourth-order valence-electron chi connectivity index (χ4n) is 7.10. The highest BCUT2D eigenvalue weighted by Gasteiger charge is 2.63. The van der Waals surface area contributed by atoms with Gasteiger partial charge in [0, 0.05) is 43.3 Å². The van der Waals surface area contributed by atoms with Gasteiger partial charge in [-0.2, -0.15) is 0 Å². The first-order valence-corrected chi connectivity index (χ1v) is 17.9. The highest BCUT2D eigenvalue weighted by atomic mass is 35.5. The minimum absolute atomic E-state index is 0.0887. The van der Waals surface area contributed by atoms with Gasteiger partial charge in [-0.3, -0.25) is 9.69 Å². The van der Waals surface area contributed by atoms with Crippen molar-refractivity contribution in [3.05, 3.63) is 82.4 Å². The predicted molar refractivity (Wildman–Crippen MR) is 182 cm³/mol. The molecule has 2 fully saturated rings. The van der Waals surface area contributed by atoms with Crippen molar-refractivity contribution in [3.63, 3.8) is 0 Å². The van der Waals surface area contributed by atoms with E-state index in [1.807, 2.05) is 18.2 Å². The summed E-state index contributed by atoms with van der Waals surface area (Å²) in [5.74, 6) is 0.141. The molecule has 3 aliphatic heterocycles. The number of methoxy groups -OCH3 is 2. The minimum atomic E-state index is -4.45. The van der Waals surface area contributed by atoms with E-state index in [9.17, 15) is 13.2 Å². The summed E-state index contributed by atoms with van der Waals surface area (Å²) in [6.45, 7) is 3.05. The zero-order chi connectivity index (χ0) is 34.2. The van der Waals surface area contributed by atoms with Crippen LogP contribution < -0.4 is 13.8 Å². The monoisotopic (exact) mass is 696 g/mol. The van der Waals surface area contributed by atoms with Gasteiger partial charge in [-0.05, 0) is 92.9 Å². The van der Waals surface area contributed by atoms with Gasteiger partial charge in [-0.25, -0.2) is 22.4 Å². The molecule has 2 saturated heterocycles. The molecule has 48 heavy (non-hydrogen) atoms. The Morgan fingerprint density at radius 1 is 0.917 bits per heavy atom. The topological polar surface area (TPSA) is 109 Å². The van der Waals surface area contributed by atoms with Crippen LogP contribution in [0.3, 0.4) is 0 Å². The van der Waals surface area contributed by atoms with E-state index in [2.05, 4.69) is 4.90 Å². The van der Waals surface area contributed by atoms with Gasteiger partial charge in [0.05, 0.1) is 24.8 Å². The summed E-state index contributed by atoms with van der Waals surface area (Å²) < 4.78 is 47.1. The molecule has 256 valence electrons. The predicted octanol–water partition coefficient (Wildman–Crippen LogP) is 5.44. The molecule has 11 nitrogen and oxygen atoms in total. The highest BCUT2D eigenvalue weighted by molar-refractivity contribution is 7.93. The molecule has 3 heterocycles. The number of likely N-dealkylation sites (tertiary alicyclic amines) is 2. The Kier molecular flexibility index (Phi) is 9.63. The van der Waals surface area contributed by atoms with Crippen LogP contribution in [0.15, 0.2) is 65.6 Å². The van der Waals surface area contributed by atoms with E-state index in [1.165, 1.54) is 49.8 Å². The number of carbonyl (C=O) groups is 2. The largest absolute Gasteiger partial charge is 0.497 e. The van der Waals surface area contributed by atoms with Crippen LogP contribution in [0.4, 0.5) is 10.5 Å². The van der Waals surface area contributed by atoms with Crippen molar-refractivity contribution in [2.24, 2.45) is 0 Å². The van der Waals surface area contributed by atoms with Crippen molar-refractivity contribution in [2.75, 3.05) is 52.3 Å². The van der Waals surface area contributed by atoms with E-state index in [-0.39, 0.29) is 10.6 Å². The van der Waals surface area contributed by atoms with Gasteiger partial charge in [-0.1, -0.05) is 30.2 Å². The lowest BCUT2D eigenvalue weighted by Gasteiger charge is -2.41. The van der Waals surface area contributed by atoms with E-state index in [1.54, 1.807) is 37.2 Å². The maximum Gasteiger partial charge on any atom is 0.410 e. The van der Waals surface area contributed by atoms with Crippen LogP contribution >= 0.6 is 11.6 Å². The van der Waals surface area contributed by atoms with Crippen LogP contribution in [0, 0.1) is 0 Å². The summed E-state index contributed by atoms with van der Waals surface area (Å²) >= 11 is 6.63. The number of hydrogen-bond donors (Lipinski definition) is 0. The van der Waals surface area contributed by atoms with Crippen LogP contribution in [-0.2, 0) is 31.6 Å². The number of piperidine rings is 1. The maximum absolute atomic E-state index is 15.4.